The van der Waals surface area contributed by atoms with Gasteiger partial charge in [0, 0.05) is 12.1 Å². The highest BCUT2D eigenvalue weighted by Gasteiger charge is 2.15. The number of halogens is 2. The Bertz CT molecular complexity index is 461. The molecule has 6 heteroatoms. The number of hydrogen-bond acceptors (Lipinski definition) is 2. The molecule has 0 unspecified atom stereocenters. The van der Waals surface area contributed by atoms with Crippen molar-refractivity contribution >= 4 is 40.7 Å². The second kappa shape index (κ2) is 5.89. The minimum atomic E-state index is -0.373. The van der Waals surface area contributed by atoms with Crippen LogP contribution < -0.4 is 10.6 Å². The Morgan fingerprint density at radius 2 is 2.00 bits per heavy atom. The molecule has 0 heterocycles. The number of anilines is 1. The van der Waals surface area contributed by atoms with Crippen LogP contribution in [0.5, 0.6) is 0 Å². The Balaban J connectivity index is 3.25. The average molecular weight is 275 g/mol. The lowest BCUT2D eigenvalue weighted by molar-refractivity contribution is -0.113. The molecule has 0 aliphatic heterocycles. The lowest BCUT2D eigenvalue weighted by Gasteiger charge is -2.13. The Kier molecular flexibility index (Phi) is 4.78. The van der Waals surface area contributed by atoms with Crippen LogP contribution in [-0.4, -0.2) is 24.7 Å². The molecule has 0 atom stereocenters. The van der Waals surface area contributed by atoms with Gasteiger partial charge in [-0.2, -0.15) is 0 Å². The summed E-state index contributed by atoms with van der Waals surface area (Å²) in [5.74, 6) is -0.863. The molecule has 0 saturated heterocycles. The van der Waals surface area contributed by atoms with Gasteiger partial charge >= 0.3 is 0 Å². The fourth-order valence-corrected chi connectivity index (χ4v) is 1.74. The summed E-state index contributed by atoms with van der Waals surface area (Å²) in [6.07, 6.45) is 0. The van der Waals surface area contributed by atoms with Crippen molar-refractivity contribution in [1.29, 1.82) is 0 Å². The molecule has 0 aliphatic carbocycles. The van der Waals surface area contributed by atoms with Gasteiger partial charge in [-0.15, -0.1) is 11.6 Å². The van der Waals surface area contributed by atoms with Gasteiger partial charge < -0.3 is 10.6 Å². The molecule has 0 radical (unpaired) electrons. The molecule has 1 aromatic rings. The van der Waals surface area contributed by atoms with Gasteiger partial charge in [-0.05, 0) is 24.6 Å². The van der Waals surface area contributed by atoms with E-state index in [1.165, 1.54) is 13.1 Å². The Morgan fingerprint density at radius 1 is 1.35 bits per heavy atom. The van der Waals surface area contributed by atoms with E-state index in [0.29, 0.717) is 21.8 Å². The molecule has 2 amide bonds. The molecule has 92 valence electrons. The summed E-state index contributed by atoms with van der Waals surface area (Å²) in [6, 6.07) is 3.16. The van der Waals surface area contributed by atoms with Crippen molar-refractivity contribution in [3.05, 3.63) is 28.3 Å². The van der Waals surface area contributed by atoms with Gasteiger partial charge in [0.25, 0.3) is 5.91 Å². The first-order chi connectivity index (χ1) is 7.99. The third-order valence-electron chi connectivity index (χ3n) is 2.16. The maximum absolute atomic E-state index is 11.7. The van der Waals surface area contributed by atoms with Gasteiger partial charge in [-0.25, -0.2) is 0 Å². The lowest BCUT2D eigenvalue weighted by atomic mass is 10.1. The molecule has 0 spiro atoms. The van der Waals surface area contributed by atoms with Crippen molar-refractivity contribution in [1.82, 2.24) is 5.32 Å². The Labute approximate surface area is 109 Å². The van der Waals surface area contributed by atoms with Crippen molar-refractivity contribution in [3.8, 4) is 0 Å². The standard InChI is InChI=1S/C11H12Cl2N2O2/c1-6-3-7(13)4-8(11(17)14-2)10(6)15-9(16)5-12/h3-4H,5H2,1-2H3,(H,14,17)(H,15,16). The molecule has 1 rings (SSSR count). The van der Waals surface area contributed by atoms with Crippen LogP contribution in [0, 0.1) is 6.92 Å². The van der Waals surface area contributed by atoms with Crippen molar-refractivity contribution in [3.63, 3.8) is 0 Å². The number of benzene rings is 1. The summed E-state index contributed by atoms with van der Waals surface area (Å²) in [5.41, 5.74) is 1.45. The summed E-state index contributed by atoms with van der Waals surface area (Å²) in [4.78, 5) is 22.9. The fourth-order valence-electron chi connectivity index (χ4n) is 1.40. The lowest BCUT2D eigenvalue weighted by Crippen LogP contribution is -2.22. The van der Waals surface area contributed by atoms with Crippen molar-refractivity contribution in [2.75, 3.05) is 18.2 Å². The van der Waals surface area contributed by atoms with Gasteiger partial charge in [0.2, 0.25) is 5.91 Å². The quantitative estimate of drug-likeness (QED) is 0.831. The minimum Gasteiger partial charge on any atom is -0.355 e. The van der Waals surface area contributed by atoms with E-state index in [4.69, 9.17) is 23.2 Å². The molecular weight excluding hydrogens is 263 g/mol. The van der Waals surface area contributed by atoms with E-state index in [1.807, 2.05) is 0 Å². The summed E-state index contributed by atoms with van der Waals surface area (Å²) >= 11 is 11.3. The molecule has 0 fully saturated rings. The third-order valence-corrected chi connectivity index (χ3v) is 2.62. The van der Waals surface area contributed by atoms with Crippen LogP contribution in [0.3, 0.4) is 0 Å². The third kappa shape index (κ3) is 3.35. The molecule has 2 N–H and O–H groups in total. The first-order valence-electron chi connectivity index (χ1n) is 4.87. The van der Waals surface area contributed by atoms with E-state index in [0.717, 1.165) is 0 Å². The van der Waals surface area contributed by atoms with E-state index in [9.17, 15) is 9.59 Å². The van der Waals surface area contributed by atoms with Gasteiger partial charge in [0.15, 0.2) is 0 Å². The first kappa shape index (κ1) is 13.8. The largest absolute Gasteiger partial charge is 0.355 e. The highest BCUT2D eigenvalue weighted by molar-refractivity contribution is 6.31. The van der Waals surface area contributed by atoms with E-state index in [1.54, 1.807) is 13.0 Å². The molecule has 4 nitrogen and oxygen atoms in total. The summed E-state index contributed by atoms with van der Waals surface area (Å²) < 4.78 is 0. The van der Waals surface area contributed by atoms with Crippen LogP contribution in [0.15, 0.2) is 12.1 Å². The van der Waals surface area contributed by atoms with Crippen LogP contribution >= 0.6 is 23.2 Å². The van der Waals surface area contributed by atoms with Gasteiger partial charge in [0.05, 0.1) is 11.3 Å². The second-order valence-corrected chi connectivity index (χ2v) is 4.11. The van der Waals surface area contributed by atoms with Crippen molar-refractivity contribution in [2.45, 2.75) is 6.92 Å². The monoisotopic (exact) mass is 274 g/mol. The first-order valence-corrected chi connectivity index (χ1v) is 5.79. The van der Waals surface area contributed by atoms with E-state index in [-0.39, 0.29) is 17.7 Å². The summed E-state index contributed by atoms with van der Waals surface area (Å²) in [6.45, 7) is 1.75. The van der Waals surface area contributed by atoms with Crippen LogP contribution in [-0.2, 0) is 4.79 Å². The zero-order valence-electron chi connectivity index (χ0n) is 9.43. The van der Waals surface area contributed by atoms with Crippen LogP contribution in [0.1, 0.15) is 15.9 Å². The molecule has 0 bridgehead atoms. The molecule has 0 aromatic heterocycles. The number of nitrogens with one attached hydrogen (secondary N) is 2. The van der Waals surface area contributed by atoms with E-state index in [2.05, 4.69) is 10.6 Å². The Morgan fingerprint density at radius 3 is 2.53 bits per heavy atom. The maximum Gasteiger partial charge on any atom is 0.253 e. The van der Waals surface area contributed by atoms with E-state index >= 15 is 0 Å². The van der Waals surface area contributed by atoms with E-state index < -0.39 is 0 Å². The van der Waals surface area contributed by atoms with Crippen LogP contribution in [0.25, 0.3) is 0 Å². The normalized spacial score (nSPS) is 9.88. The molecule has 17 heavy (non-hydrogen) atoms. The van der Waals surface area contributed by atoms with Crippen LogP contribution in [0.2, 0.25) is 5.02 Å². The molecule has 0 saturated carbocycles. The number of carbonyl (C=O) groups is 2. The number of aryl methyl sites for hydroxylation is 1. The molecule has 0 aliphatic rings. The summed E-state index contributed by atoms with van der Waals surface area (Å²) in [5, 5.41) is 5.50. The fraction of sp³-hybridized carbons (Fsp3) is 0.273. The SMILES string of the molecule is CNC(=O)c1cc(Cl)cc(C)c1NC(=O)CCl. The topological polar surface area (TPSA) is 58.2 Å². The van der Waals surface area contributed by atoms with Gasteiger partial charge in [-0.3, -0.25) is 9.59 Å². The predicted molar refractivity (Wildman–Crippen MR) is 68.9 cm³/mol. The highest BCUT2D eigenvalue weighted by Crippen LogP contribution is 2.25. The number of amides is 2. The van der Waals surface area contributed by atoms with Gasteiger partial charge in [-0.1, -0.05) is 11.6 Å². The smallest absolute Gasteiger partial charge is 0.253 e. The maximum atomic E-state index is 11.7. The average Bonchev–Trinajstić information content (AvgIpc) is 2.30. The summed E-state index contributed by atoms with van der Waals surface area (Å²) in [7, 11) is 1.51. The minimum absolute atomic E-state index is 0.171. The van der Waals surface area contributed by atoms with Crippen molar-refractivity contribution < 1.29 is 9.59 Å². The number of rotatable bonds is 3. The molecular formula is C11H12Cl2N2O2. The van der Waals surface area contributed by atoms with Crippen molar-refractivity contribution in [2.24, 2.45) is 0 Å². The van der Waals surface area contributed by atoms with Gasteiger partial charge in [0.1, 0.15) is 5.88 Å². The van der Waals surface area contributed by atoms with Crippen LogP contribution in [0.4, 0.5) is 5.69 Å². The second-order valence-electron chi connectivity index (χ2n) is 3.41. The zero-order valence-corrected chi connectivity index (χ0v) is 10.9. The zero-order chi connectivity index (χ0) is 13.0. The molecule has 1 aromatic carbocycles. The predicted octanol–water partition coefficient (Wildman–Crippen LogP) is 2.19. The number of alkyl halides is 1. The Hall–Kier alpha value is -1.26. The number of hydrogen-bond donors (Lipinski definition) is 2. The highest BCUT2D eigenvalue weighted by atomic mass is 35.5. The number of carbonyl (C=O) groups excluding carboxylic acids is 2.